The van der Waals surface area contributed by atoms with Crippen LogP contribution in [0.15, 0.2) is 53.4 Å². The summed E-state index contributed by atoms with van der Waals surface area (Å²) in [5.41, 5.74) is 2.11. The minimum absolute atomic E-state index is 0.115. The molecule has 0 bridgehead atoms. The van der Waals surface area contributed by atoms with Crippen molar-refractivity contribution in [2.75, 3.05) is 5.75 Å². The molecule has 0 unspecified atom stereocenters. The maximum absolute atomic E-state index is 12.8. The summed E-state index contributed by atoms with van der Waals surface area (Å²) < 4.78 is 12.8. The molecule has 0 saturated heterocycles. The zero-order valence-corrected chi connectivity index (χ0v) is 12.5. The van der Waals surface area contributed by atoms with E-state index in [0.717, 1.165) is 10.5 Å². The molecule has 0 amide bonds. The lowest BCUT2D eigenvalue weighted by Crippen LogP contribution is -2.09. The van der Waals surface area contributed by atoms with E-state index in [4.69, 9.17) is 0 Å². The molecule has 0 aromatic heterocycles. The van der Waals surface area contributed by atoms with Crippen molar-refractivity contribution < 1.29 is 9.18 Å². The number of halogens is 1. The predicted molar refractivity (Wildman–Crippen MR) is 84.5 cm³/mol. The minimum atomic E-state index is -0.253. The number of hydrogen-bond acceptors (Lipinski definition) is 2. The van der Waals surface area contributed by atoms with Gasteiger partial charge in [-0.2, -0.15) is 0 Å². The van der Waals surface area contributed by atoms with Gasteiger partial charge >= 0.3 is 0 Å². The van der Waals surface area contributed by atoms with Gasteiger partial charge < -0.3 is 0 Å². The Hall–Kier alpha value is -1.61. The number of carbonyl (C=O) groups excluding carboxylic acids is 1. The minimum Gasteiger partial charge on any atom is -0.293 e. The van der Waals surface area contributed by atoms with Crippen molar-refractivity contribution in [1.82, 2.24) is 0 Å². The van der Waals surface area contributed by atoms with Crippen LogP contribution >= 0.6 is 11.8 Å². The van der Waals surface area contributed by atoms with Crippen LogP contribution in [0, 0.1) is 5.82 Å². The molecule has 3 rings (SSSR count). The lowest BCUT2D eigenvalue weighted by molar-refractivity contribution is 0.102. The Morgan fingerprint density at radius 2 is 1.71 bits per heavy atom. The van der Waals surface area contributed by atoms with E-state index >= 15 is 0 Å². The molecule has 108 valence electrons. The number of Topliss-reactive ketones (excluding diaryl/α,β-unsaturated/α-hetero) is 1. The third kappa shape index (κ3) is 3.53. The summed E-state index contributed by atoms with van der Waals surface area (Å²) in [5.74, 6) is 0.943. The second kappa shape index (κ2) is 6.44. The average molecular weight is 300 g/mol. The van der Waals surface area contributed by atoms with Gasteiger partial charge in [0.05, 0.1) is 5.75 Å². The van der Waals surface area contributed by atoms with Crippen LogP contribution in [0.4, 0.5) is 4.39 Å². The Bertz CT molecular complexity index is 615. The Morgan fingerprint density at radius 3 is 2.29 bits per heavy atom. The molecule has 2 aromatic carbocycles. The van der Waals surface area contributed by atoms with Crippen LogP contribution in [0.2, 0.25) is 0 Å². The second-order valence-corrected chi connectivity index (χ2v) is 6.46. The van der Waals surface area contributed by atoms with Crippen LogP contribution in [-0.2, 0) is 0 Å². The summed E-state index contributed by atoms with van der Waals surface area (Å²) >= 11 is 1.44. The molecule has 1 fully saturated rings. The van der Waals surface area contributed by atoms with Gasteiger partial charge in [0.15, 0.2) is 5.78 Å². The smallest absolute Gasteiger partial charge is 0.173 e. The summed E-state index contributed by atoms with van der Waals surface area (Å²) in [6.45, 7) is 0. The first-order valence-corrected chi connectivity index (χ1v) is 8.22. The monoisotopic (exact) mass is 300 g/mol. The fourth-order valence-corrected chi connectivity index (χ4v) is 3.24. The summed E-state index contributed by atoms with van der Waals surface area (Å²) in [5, 5.41) is 0. The van der Waals surface area contributed by atoms with Gasteiger partial charge in [-0.05, 0) is 48.6 Å². The van der Waals surface area contributed by atoms with Crippen molar-refractivity contribution in [3.05, 3.63) is 65.5 Å². The molecule has 3 heteroatoms. The van der Waals surface area contributed by atoms with Crippen LogP contribution in [0.25, 0.3) is 0 Å². The van der Waals surface area contributed by atoms with Gasteiger partial charge in [0, 0.05) is 10.5 Å². The summed E-state index contributed by atoms with van der Waals surface area (Å²) in [6, 6.07) is 14.3. The Morgan fingerprint density at radius 1 is 1.05 bits per heavy atom. The first-order valence-electron chi connectivity index (χ1n) is 7.24. The fourth-order valence-electron chi connectivity index (χ4n) is 2.45. The summed E-state index contributed by atoms with van der Waals surface area (Å²) in [4.78, 5) is 13.1. The molecule has 1 saturated carbocycles. The second-order valence-electron chi connectivity index (χ2n) is 5.42. The predicted octanol–water partition coefficient (Wildman–Crippen LogP) is 5.07. The Kier molecular flexibility index (Phi) is 4.39. The van der Waals surface area contributed by atoms with Gasteiger partial charge in [-0.1, -0.05) is 30.7 Å². The van der Waals surface area contributed by atoms with Crippen LogP contribution < -0.4 is 0 Å². The summed E-state index contributed by atoms with van der Waals surface area (Å²) in [6.07, 6.45) is 3.86. The Labute approximate surface area is 128 Å². The van der Waals surface area contributed by atoms with Crippen LogP contribution in [-0.4, -0.2) is 11.5 Å². The van der Waals surface area contributed by atoms with E-state index in [1.807, 2.05) is 12.1 Å². The molecular formula is C18H17FOS. The lowest BCUT2D eigenvalue weighted by atomic mass is 9.80. The molecule has 1 nitrogen and oxygen atoms in total. The first-order chi connectivity index (χ1) is 10.2. The van der Waals surface area contributed by atoms with E-state index in [2.05, 4.69) is 12.1 Å². The highest BCUT2D eigenvalue weighted by atomic mass is 32.2. The number of ketones is 1. The highest BCUT2D eigenvalue weighted by Gasteiger charge is 2.19. The molecule has 0 radical (unpaired) electrons. The molecule has 0 N–H and O–H groups in total. The number of hydrogen-bond donors (Lipinski definition) is 0. The van der Waals surface area contributed by atoms with Gasteiger partial charge in [0.1, 0.15) is 5.82 Å². The van der Waals surface area contributed by atoms with Crippen LogP contribution in [0.1, 0.15) is 41.1 Å². The maximum atomic E-state index is 12.8. The number of rotatable bonds is 5. The maximum Gasteiger partial charge on any atom is 0.173 e. The zero-order chi connectivity index (χ0) is 14.7. The van der Waals surface area contributed by atoms with Crippen molar-refractivity contribution in [3.63, 3.8) is 0 Å². The Balaban J connectivity index is 1.58. The fraction of sp³-hybridized carbons (Fsp3) is 0.278. The van der Waals surface area contributed by atoms with E-state index in [1.165, 1.54) is 48.7 Å². The van der Waals surface area contributed by atoms with Crippen molar-refractivity contribution in [3.8, 4) is 0 Å². The molecule has 0 aliphatic heterocycles. The molecular weight excluding hydrogens is 283 g/mol. The van der Waals surface area contributed by atoms with Crippen molar-refractivity contribution in [2.24, 2.45) is 0 Å². The molecule has 1 aliphatic carbocycles. The van der Waals surface area contributed by atoms with E-state index in [9.17, 15) is 9.18 Å². The van der Waals surface area contributed by atoms with Gasteiger partial charge in [0.25, 0.3) is 0 Å². The standard InChI is InChI=1S/C18H17FOS/c19-16-8-10-17(11-9-16)21-12-18(20)15-6-4-14(5-7-15)13-2-1-3-13/h4-11,13H,1-3,12H2. The zero-order valence-electron chi connectivity index (χ0n) is 11.7. The number of benzene rings is 2. The normalized spacial score (nSPS) is 14.7. The van der Waals surface area contributed by atoms with Gasteiger partial charge in [0.2, 0.25) is 0 Å². The lowest BCUT2D eigenvalue weighted by Gasteiger charge is -2.25. The first kappa shape index (κ1) is 14.3. The summed E-state index contributed by atoms with van der Waals surface area (Å²) in [7, 11) is 0. The van der Waals surface area contributed by atoms with Gasteiger partial charge in [-0.15, -0.1) is 11.8 Å². The highest BCUT2D eigenvalue weighted by Crippen LogP contribution is 2.36. The average Bonchev–Trinajstić information content (AvgIpc) is 2.45. The van der Waals surface area contributed by atoms with Crippen LogP contribution in [0.5, 0.6) is 0 Å². The number of thioether (sulfide) groups is 1. The largest absolute Gasteiger partial charge is 0.293 e. The SMILES string of the molecule is O=C(CSc1ccc(F)cc1)c1ccc(C2CCC2)cc1. The molecule has 21 heavy (non-hydrogen) atoms. The van der Waals surface area contributed by atoms with Crippen molar-refractivity contribution in [2.45, 2.75) is 30.1 Å². The van der Waals surface area contributed by atoms with E-state index in [0.29, 0.717) is 11.7 Å². The van der Waals surface area contributed by atoms with Crippen molar-refractivity contribution in [1.29, 1.82) is 0 Å². The molecule has 2 aromatic rings. The third-order valence-electron chi connectivity index (χ3n) is 3.99. The van der Waals surface area contributed by atoms with E-state index in [1.54, 1.807) is 12.1 Å². The molecule has 1 aliphatic rings. The van der Waals surface area contributed by atoms with Crippen LogP contribution in [0.3, 0.4) is 0 Å². The molecule has 0 heterocycles. The number of carbonyl (C=O) groups is 1. The van der Waals surface area contributed by atoms with Gasteiger partial charge in [-0.3, -0.25) is 4.79 Å². The van der Waals surface area contributed by atoms with E-state index < -0.39 is 0 Å². The van der Waals surface area contributed by atoms with Crippen molar-refractivity contribution >= 4 is 17.5 Å². The molecule has 0 spiro atoms. The molecule has 0 atom stereocenters. The van der Waals surface area contributed by atoms with E-state index in [-0.39, 0.29) is 11.6 Å². The third-order valence-corrected chi connectivity index (χ3v) is 5.00. The topological polar surface area (TPSA) is 17.1 Å². The highest BCUT2D eigenvalue weighted by molar-refractivity contribution is 8.00. The van der Waals surface area contributed by atoms with Gasteiger partial charge in [-0.25, -0.2) is 4.39 Å². The quantitative estimate of drug-likeness (QED) is 0.566.